The Morgan fingerprint density at radius 1 is 1.17 bits per heavy atom. The summed E-state index contributed by atoms with van der Waals surface area (Å²) in [6.07, 6.45) is 6.10. The van der Waals surface area contributed by atoms with E-state index in [1.165, 1.54) is 0 Å². The van der Waals surface area contributed by atoms with Gasteiger partial charge in [0.1, 0.15) is 0 Å². The third-order valence-corrected chi connectivity index (χ3v) is 5.90. The molecule has 4 aromatic rings. The smallest absolute Gasteiger partial charge is 0.330 e. The maximum Gasteiger partial charge on any atom is 0.330 e. The highest BCUT2D eigenvalue weighted by Crippen LogP contribution is 2.31. The molecule has 1 N–H and O–H groups in total. The third kappa shape index (κ3) is 2.74. The Labute approximate surface area is 166 Å². The number of aromatic nitrogens is 5. The van der Waals surface area contributed by atoms with Crippen molar-refractivity contribution in [1.82, 2.24) is 23.7 Å². The summed E-state index contributed by atoms with van der Waals surface area (Å²) < 4.78 is 5.11. The molecule has 1 aliphatic rings. The molecule has 0 bridgehead atoms. The zero-order valence-corrected chi connectivity index (χ0v) is 16.0. The van der Waals surface area contributed by atoms with Gasteiger partial charge in [0.05, 0.1) is 40.7 Å². The molecule has 0 aliphatic heterocycles. The lowest BCUT2D eigenvalue weighted by molar-refractivity contribution is 0.110. The number of fused-ring (bicyclic) bond motifs is 2. The summed E-state index contributed by atoms with van der Waals surface area (Å²) >= 11 is 0. The number of aliphatic hydroxyl groups excluding tert-OH is 1. The van der Waals surface area contributed by atoms with Crippen molar-refractivity contribution in [3.63, 3.8) is 0 Å². The van der Waals surface area contributed by atoms with Crippen LogP contribution in [0.3, 0.4) is 0 Å². The highest BCUT2D eigenvalue weighted by molar-refractivity contribution is 5.83. The number of hydrogen-bond acceptors (Lipinski definition) is 5. The van der Waals surface area contributed by atoms with Crippen molar-refractivity contribution in [2.75, 3.05) is 0 Å². The van der Waals surface area contributed by atoms with Crippen LogP contribution in [-0.4, -0.2) is 34.9 Å². The molecule has 0 aromatic carbocycles. The number of aliphatic hydroxyl groups is 1. The SMILES string of the molecule is Cn1c(=O)n(C2CCC(O)CC2)c2nc(-c3cnn4ccc(C#N)cc34)ccc21. The molecule has 0 spiro atoms. The summed E-state index contributed by atoms with van der Waals surface area (Å²) in [5.41, 5.74) is 4.20. The lowest BCUT2D eigenvalue weighted by atomic mass is 9.93. The van der Waals surface area contributed by atoms with Gasteiger partial charge in [0, 0.05) is 24.8 Å². The van der Waals surface area contributed by atoms with Crippen molar-refractivity contribution < 1.29 is 5.11 Å². The molecule has 0 amide bonds. The van der Waals surface area contributed by atoms with Gasteiger partial charge in [0.15, 0.2) is 5.65 Å². The molecule has 5 rings (SSSR count). The Morgan fingerprint density at radius 3 is 2.72 bits per heavy atom. The van der Waals surface area contributed by atoms with Crippen LogP contribution in [0.25, 0.3) is 27.9 Å². The van der Waals surface area contributed by atoms with E-state index in [-0.39, 0.29) is 17.8 Å². The maximum atomic E-state index is 12.9. The van der Waals surface area contributed by atoms with Crippen molar-refractivity contribution in [2.24, 2.45) is 7.05 Å². The van der Waals surface area contributed by atoms with Gasteiger partial charge < -0.3 is 5.11 Å². The molecule has 0 atom stereocenters. The summed E-state index contributed by atoms with van der Waals surface area (Å²) in [6, 6.07) is 9.48. The quantitative estimate of drug-likeness (QED) is 0.568. The zero-order chi connectivity index (χ0) is 20.1. The molecule has 146 valence electrons. The molecule has 1 fully saturated rings. The average Bonchev–Trinajstić information content (AvgIpc) is 3.27. The van der Waals surface area contributed by atoms with E-state index in [0.29, 0.717) is 29.7 Å². The first kappa shape index (κ1) is 17.6. The Hall–Kier alpha value is -3.44. The van der Waals surface area contributed by atoms with Crippen molar-refractivity contribution in [1.29, 1.82) is 5.26 Å². The van der Waals surface area contributed by atoms with Gasteiger partial charge in [-0.05, 0) is 49.9 Å². The molecule has 4 heterocycles. The van der Waals surface area contributed by atoms with E-state index in [4.69, 9.17) is 4.98 Å². The normalized spacial score (nSPS) is 19.6. The Bertz CT molecular complexity index is 1330. The molecule has 4 aromatic heterocycles. The van der Waals surface area contributed by atoms with E-state index in [2.05, 4.69) is 11.2 Å². The second-order valence-corrected chi connectivity index (χ2v) is 7.63. The van der Waals surface area contributed by atoms with Crippen LogP contribution >= 0.6 is 0 Å². The fourth-order valence-corrected chi connectivity index (χ4v) is 4.28. The summed E-state index contributed by atoms with van der Waals surface area (Å²) in [5, 5.41) is 23.4. The maximum absolute atomic E-state index is 12.9. The number of imidazole rings is 1. The van der Waals surface area contributed by atoms with Gasteiger partial charge in [-0.1, -0.05) is 0 Å². The van der Waals surface area contributed by atoms with Crippen LogP contribution in [0.4, 0.5) is 0 Å². The molecule has 1 aliphatic carbocycles. The molecule has 1 saturated carbocycles. The second kappa shape index (κ2) is 6.57. The van der Waals surface area contributed by atoms with Crippen LogP contribution in [0.2, 0.25) is 0 Å². The lowest BCUT2D eigenvalue weighted by Crippen LogP contribution is -2.30. The standard InChI is InChI=1S/C21H20N6O2/c1-25-18-7-6-17(16-12-23-26-9-8-13(11-22)10-19(16)26)24-20(18)27(21(25)29)14-2-4-15(28)5-3-14/h6-10,12,14-15,28H,2-5H2,1H3. The van der Waals surface area contributed by atoms with Crippen LogP contribution in [0.5, 0.6) is 0 Å². The molecule has 8 nitrogen and oxygen atoms in total. The minimum absolute atomic E-state index is 0.0337. The number of aryl methyl sites for hydroxylation is 1. The molecule has 0 saturated heterocycles. The van der Waals surface area contributed by atoms with Gasteiger partial charge in [0.25, 0.3) is 0 Å². The van der Waals surface area contributed by atoms with E-state index in [0.717, 1.165) is 29.4 Å². The molecular weight excluding hydrogens is 368 g/mol. The zero-order valence-electron chi connectivity index (χ0n) is 16.0. The predicted octanol–water partition coefficient (Wildman–Crippen LogP) is 2.40. The first-order chi connectivity index (χ1) is 14.1. The van der Waals surface area contributed by atoms with E-state index < -0.39 is 0 Å². The van der Waals surface area contributed by atoms with Crippen molar-refractivity contribution in [2.45, 2.75) is 37.8 Å². The number of rotatable bonds is 2. The van der Waals surface area contributed by atoms with Gasteiger partial charge in [0.2, 0.25) is 0 Å². The molecular formula is C21H20N6O2. The number of nitriles is 1. The second-order valence-electron chi connectivity index (χ2n) is 7.63. The minimum Gasteiger partial charge on any atom is -0.393 e. The van der Waals surface area contributed by atoms with E-state index in [1.807, 2.05) is 12.1 Å². The summed E-state index contributed by atoms with van der Waals surface area (Å²) in [5.74, 6) is 0. The largest absolute Gasteiger partial charge is 0.393 e. The number of nitrogens with zero attached hydrogens (tertiary/aromatic N) is 6. The summed E-state index contributed by atoms with van der Waals surface area (Å²) in [6.45, 7) is 0. The predicted molar refractivity (Wildman–Crippen MR) is 107 cm³/mol. The van der Waals surface area contributed by atoms with Crippen LogP contribution in [-0.2, 0) is 7.05 Å². The van der Waals surface area contributed by atoms with E-state index in [1.54, 1.807) is 45.2 Å². The fourth-order valence-electron chi connectivity index (χ4n) is 4.28. The molecule has 8 heteroatoms. The van der Waals surface area contributed by atoms with E-state index >= 15 is 0 Å². The van der Waals surface area contributed by atoms with Gasteiger partial charge >= 0.3 is 5.69 Å². The average molecular weight is 388 g/mol. The fraction of sp³-hybridized carbons (Fsp3) is 0.333. The summed E-state index contributed by atoms with van der Waals surface area (Å²) in [7, 11) is 1.76. The third-order valence-electron chi connectivity index (χ3n) is 5.90. The highest BCUT2D eigenvalue weighted by Gasteiger charge is 2.26. The van der Waals surface area contributed by atoms with Gasteiger partial charge in [-0.2, -0.15) is 10.4 Å². The van der Waals surface area contributed by atoms with Crippen molar-refractivity contribution in [3.05, 3.63) is 52.7 Å². The number of pyridine rings is 2. The number of hydrogen-bond donors (Lipinski definition) is 1. The molecule has 0 radical (unpaired) electrons. The monoisotopic (exact) mass is 388 g/mol. The Kier molecular flexibility index (Phi) is 4.00. The van der Waals surface area contributed by atoms with E-state index in [9.17, 15) is 15.2 Å². The summed E-state index contributed by atoms with van der Waals surface area (Å²) in [4.78, 5) is 17.8. The van der Waals surface area contributed by atoms with Crippen molar-refractivity contribution in [3.8, 4) is 17.3 Å². The highest BCUT2D eigenvalue weighted by atomic mass is 16.3. The molecule has 0 unspecified atom stereocenters. The lowest BCUT2D eigenvalue weighted by Gasteiger charge is -2.26. The Morgan fingerprint density at radius 2 is 1.97 bits per heavy atom. The van der Waals surface area contributed by atoms with Crippen LogP contribution in [0, 0.1) is 11.3 Å². The van der Waals surface area contributed by atoms with Crippen LogP contribution in [0.15, 0.2) is 41.5 Å². The van der Waals surface area contributed by atoms with Gasteiger partial charge in [-0.25, -0.2) is 14.3 Å². The van der Waals surface area contributed by atoms with Crippen LogP contribution in [0.1, 0.15) is 37.3 Å². The topological polar surface area (TPSA) is 101 Å². The Balaban J connectivity index is 1.69. The van der Waals surface area contributed by atoms with Gasteiger partial charge in [-0.3, -0.25) is 9.13 Å². The first-order valence-corrected chi connectivity index (χ1v) is 9.70. The van der Waals surface area contributed by atoms with Crippen molar-refractivity contribution >= 4 is 16.7 Å². The first-order valence-electron chi connectivity index (χ1n) is 9.70. The molecule has 29 heavy (non-hydrogen) atoms. The van der Waals surface area contributed by atoms with Gasteiger partial charge in [-0.15, -0.1) is 0 Å². The minimum atomic E-state index is -0.284. The van der Waals surface area contributed by atoms with Crippen LogP contribution < -0.4 is 5.69 Å².